The number of aromatic nitrogens is 5. The molecule has 0 bridgehead atoms. The highest BCUT2D eigenvalue weighted by Crippen LogP contribution is 2.22. The highest BCUT2D eigenvalue weighted by Gasteiger charge is 2.29. The van der Waals surface area contributed by atoms with E-state index in [1.807, 2.05) is 18.3 Å². The van der Waals surface area contributed by atoms with Gasteiger partial charge in [0.2, 0.25) is 0 Å². The van der Waals surface area contributed by atoms with Crippen molar-refractivity contribution in [1.29, 1.82) is 0 Å². The van der Waals surface area contributed by atoms with Crippen LogP contribution >= 0.6 is 0 Å². The largest absolute Gasteiger partial charge is 0.331 e. The standard InChI is InChI=1S/C21H24N6O/c28-21-7-6-19(17-4-3-8-22-10-17)24-27(21)14-16-12-25(13-16)15-20-23-11-18-5-1-2-9-26(18)20/h3-4,6-8,10-11,16H,1-2,5,9,12-15H2. The van der Waals surface area contributed by atoms with Crippen LogP contribution in [0.3, 0.4) is 0 Å². The topological polar surface area (TPSA) is 68.8 Å². The van der Waals surface area contributed by atoms with Crippen LogP contribution in [0.1, 0.15) is 24.4 Å². The van der Waals surface area contributed by atoms with Gasteiger partial charge in [-0.25, -0.2) is 9.67 Å². The first kappa shape index (κ1) is 17.3. The van der Waals surface area contributed by atoms with Gasteiger partial charge in [0.15, 0.2) is 0 Å². The summed E-state index contributed by atoms with van der Waals surface area (Å²) in [5.74, 6) is 1.63. The van der Waals surface area contributed by atoms with E-state index in [9.17, 15) is 4.79 Å². The Kier molecular flexibility index (Phi) is 4.52. The van der Waals surface area contributed by atoms with Gasteiger partial charge in [-0.2, -0.15) is 5.10 Å². The lowest BCUT2D eigenvalue weighted by Gasteiger charge is -2.39. The molecule has 0 aromatic carbocycles. The van der Waals surface area contributed by atoms with Crippen LogP contribution in [0.25, 0.3) is 11.3 Å². The van der Waals surface area contributed by atoms with Crippen LogP contribution in [0.15, 0.2) is 47.7 Å². The molecule has 0 N–H and O–H groups in total. The average Bonchev–Trinajstić information content (AvgIpc) is 3.11. The SMILES string of the molecule is O=c1ccc(-c2cccnc2)nn1CC1CN(Cc2ncc3n2CCCC3)C1. The van der Waals surface area contributed by atoms with Crippen molar-refractivity contribution in [3.05, 3.63) is 64.7 Å². The Labute approximate surface area is 163 Å². The monoisotopic (exact) mass is 376 g/mol. The van der Waals surface area contributed by atoms with Gasteiger partial charge in [-0.15, -0.1) is 0 Å². The van der Waals surface area contributed by atoms with E-state index in [4.69, 9.17) is 0 Å². The number of aryl methyl sites for hydroxylation is 1. The Balaban J connectivity index is 1.22. The lowest BCUT2D eigenvalue weighted by atomic mass is 10.0. The molecule has 1 fully saturated rings. The van der Waals surface area contributed by atoms with Gasteiger partial charge in [0.25, 0.3) is 5.56 Å². The third-order valence-corrected chi connectivity index (χ3v) is 5.74. The summed E-state index contributed by atoms with van der Waals surface area (Å²) in [4.78, 5) is 23.4. The minimum absolute atomic E-state index is 0.0478. The molecule has 2 aliphatic rings. The third-order valence-electron chi connectivity index (χ3n) is 5.74. The molecule has 0 spiro atoms. The summed E-state index contributed by atoms with van der Waals surface area (Å²) in [6.07, 6.45) is 9.22. The predicted octanol–water partition coefficient (Wildman–Crippen LogP) is 1.97. The Morgan fingerprint density at radius 1 is 1.11 bits per heavy atom. The third kappa shape index (κ3) is 3.38. The minimum Gasteiger partial charge on any atom is -0.331 e. The van der Waals surface area contributed by atoms with Crippen molar-refractivity contribution in [3.63, 3.8) is 0 Å². The Bertz CT molecular complexity index is 1020. The normalized spacial score (nSPS) is 17.3. The van der Waals surface area contributed by atoms with Gasteiger partial charge in [0.1, 0.15) is 5.82 Å². The van der Waals surface area contributed by atoms with Gasteiger partial charge in [-0.05, 0) is 37.5 Å². The number of rotatable bonds is 5. The van der Waals surface area contributed by atoms with Gasteiger partial charge in [0.05, 0.1) is 18.8 Å². The lowest BCUT2D eigenvalue weighted by Crippen LogP contribution is -2.49. The van der Waals surface area contributed by atoms with Crippen molar-refractivity contribution < 1.29 is 0 Å². The Hall–Kier alpha value is -2.80. The number of nitrogens with zero attached hydrogens (tertiary/aromatic N) is 6. The fourth-order valence-corrected chi connectivity index (χ4v) is 4.24. The van der Waals surface area contributed by atoms with Crippen LogP contribution < -0.4 is 5.56 Å². The van der Waals surface area contributed by atoms with Gasteiger partial charge >= 0.3 is 0 Å². The van der Waals surface area contributed by atoms with E-state index in [2.05, 4.69) is 24.5 Å². The first-order valence-electron chi connectivity index (χ1n) is 10.0. The van der Waals surface area contributed by atoms with Gasteiger partial charge < -0.3 is 4.57 Å². The molecular weight excluding hydrogens is 352 g/mol. The summed E-state index contributed by atoms with van der Waals surface area (Å²) >= 11 is 0. The second-order valence-corrected chi connectivity index (χ2v) is 7.82. The Morgan fingerprint density at radius 2 is 2.04 bits per heavy atom. The van der Waals surface area contributed by atoms with Crippen molar-refractivity contribution in [2.45, 2.75) is 38.9 Å². The van der Waals surface area contributed by atoms with Crippen molar-refractivity contribution in [3.8, 4) is 11.3 Å². The summed E-state index contributed by atoms with van der Waals surface area (Å²) < 4.78 is 3.99. The number of fused-ring (bicyclic) bond motifs is 1. The smallest absolute Gasteiger partial charge is 0.266 e. The quantitative estimate of drug-likeness (QED) is 0.681. The molecule has 7 nitrogen and oxygen atoms in total. The lowest BCUT2D eigenvalue weighted by molar-refractivity contribution is 0.0727. The molecule has 2 aliphatic heterocycles. The van der Waals surface area contributed by atoms with Crippen molar-refractivity contribution in [2.24, 2.45) is 5.92 Å². The summed E-state index contributed by atoms with van der Waals surface area (Å²) in [5, 5.41) is 4.55. The maximum Gasteiger partial charge on any atom is 0.266 e. The first-order valence-corrected chi connectivity index (χ1v) is 10.0. The van der Waals surface area contributed by atoms with E-state index in [0.29, 0.717) is 12.5 Å². The molecule has 144 valence electrons. The van der Waals surface area contributed by atoms with E-state index >= 15 is 0 Å². The van der Waals surface area contributed by atoms with Crippen molar-refractivity contribution in [1.82, 2.24) is 29.2 Å². The summed E-state index contributed by atoms with van der Waals surface area (Å²) in [7, 11) is 0. The molecule has 0 saturated carbocycles. The molecular formula is C21H24N6O. The van der Waals surface area contributed by atoms with Gasteiger partial charge in [0, 0.05) is 61.5 Å². The molecule has 0 radical (unpaired) electrons. The van der Waals surface area contributed by atoms with Crippen LogP contribution in [-0.2, 0) is 26.1 Å². The Morgan fingerprint density at radius 3 is 2.89 bits per heavy atom. The zero-order valence-electron chi connectivity index (χ0n) is 15.9. The van der Waals surface area contributed by atoms with Crippen LogP contribution in [0.5, 0.6) is 0 Å². The number of imidazole rings is 1. The average molecular weight is 376 g/mol. The van der Waals surface area contributed by atoms with Crippen LogP contribution in [-0.4, -0.2) is 42.3 Å². The number of hydrogen-bond acceptors (Lipinski definition) is 5. The number of likely N-dealkylation sites (tertiary alicyclic amines) is 1. The first-order chi connectivity index (χ1) is 13.8. The fourth-order valence-electron chi connectivity index (χ4n) is 4.24. The fraction of sp³-hybridized carbons (Fsp3) is 0.429. The zero-order chi connectivity index (χ0) is 18.9. The molecule has 5 heterocycles. The van der Waals surface area contributed by atoms with E-state index in [1.54, 1.807) is 29.2 Å². The highest BCUT2D eigenvalue weighted by atomic mass is 16.1. The summed E-state index contributed by atoms with van der Waals surface area (Å²) in [6, 6.07) is 7.21. The molecule has 3 aromatic rings. The van der Waals surface area contributed by atoms with Crippen molar-refractivity contribution in [2.75, 3.05) is 13.1 Å². The van der Waals surface area contributed by atoms with Gasteiger partial charge in [-0.3, -0.25) is 14.7 Å². The predicted molar refractivity (Wildman–Crippen MR) is 106 cm³/mol. The molecule has 0 amide bonds. The maximum absolute atomic E-state index is 12.2. The number of pyridine rings is 1. The second-order valence-electron chi connectivity index (χ2n) is 7.82. The van der Waals surface area contributed by atoms with E-state index < -0.39 is 0 Å². The minimum atomic E-state index is -0.0478. The molecule has 5 rings (SSSR count). The summed E-state index contributed by atoms with van der Waals surface area (Å²) in [5.41, 5.74) is 3.04. The molecule has 1 saturated heterocycles. The zero-order valence-corrected chi connectivity index (χ0v) is 15.9. The van der Waals surface area contributed by atoms with E-state index in [0.717, 1.165) is 43.9 Å². The van der Waals surface area contributed by atoms with Crippen LogP contribution in [0, 0.1) is 5.92 Å². The number of hydrogen-bond donors (Lipinski definition) is 0. The van der Waals surface area contributed by atoms with Crippen molar-refractivity contribution >= 4 is 0 Å². The second kappa shape index (κ2) is 7.31. The molecule has 7 heteroatoms. The van der Waals surface area contributed by atoms with E-state index in [-0.39, 0.29) is 5.56 Å². The highest BCUT2D eigenvalue weighted by molar-refractivity contribution is 5.56. The molecule has 0 atom stereocenters. The summed E-state index contributed by atoms with van der Waals surface area (Å²) in [6.45, 7) is 4.61. The molecule has 0 aliphatic carbocycles. The van der Waals surface area contributed by atoms with Crippen LogP contribution in [0.4, 0.5) is 0 Å². The molecule has 3 aromatic heterocycles. The van der Waals surface area contributed by atoms with Crippen LogP contribution in [0.2, 0.25) is 0 Å². The molecule has 28 heavy (non-hydrogen) atoms. The maximum atomic E-state index is 12.2. The van der Waals surface area contributed by atoms with E-state index in [1.165, 1.54) is 24.4 Å². The molecule has 0 unspecified atom stereocenters. The van der Waals surface area contributed by atoms with Gasteiger partial charge in [-0.1, -0.05) is 0 Å².